The van der Waals surface area contributed by atoms with Gasteiger partial charge < -0.3 is 9.64 Å². The second-order valence-corrected chi connectivity index (χ2v) is 5.51. The van der Waals surface area contributed by atoms with Gasteiger partial charge in [-0.1, -0.05) is 0 Å². The molecule has 1 fully saturated rings. The average Bonchev–Trinajstić information content (AvgIpc) is 3.11. The van der Waals surface area contributed by atoms with Crippen molar-refractivity contribution in [2.24, 2.45) is 0 Å². The number of aromatic nitrogens is 1. The lowest BCUT2D eigenvalue weighted by atomic mass is 10.2. The minimum Gasteiger partial charge on any atom is -0.469 e. The predicted molar refractivity (Wildman–Crippen MR) is 68.9 cm³/mol. The second-order valence-electron chi connectivity index (χ2n) is 4.67. The zero-order chi connectivity index (χ0) is 14.8. The van der Waals surface area contributed by atoms with Gasteiger partial charge >= 0.3 is 12.1 Å². The van der Waals surface area contributed by atoms with Crippen molar-refractivity contribution in [2.45, 2.75) is 37.9 Å². The van der Waals surface area contributed by atoms with Gasteiger partial charge in [0.05, 0.1) is 19.2 Å². The fourth-order valence-corrected chi connectivity index (χ4v) is 2.74. The number of aryl methyl sites for hydroxylation is 1. The largest absolute Gasteiger partial charge is 0.469 e. The zero-order valence-electron chi connectivity index (χ0n) is 10.9. The predicted octanol–water partition coefficient (Wildman–Crippen LogP) is 2.78. The lowest BCUT2D eigenvalue weighted by Crippen LogP contribution is -2.35. The minimum atomic E-state index is -4.24. The molecule has 4 nitrogen and oxygen atoms in total. The van der Waals surface area contributed by atoms with Gasteiger partial charge in [0.15, 0.2) is 5.13 Å². The fourth-order valence-electron chi connectivity index (χ4n) is 1.81. The first-order valence-corrected chi connectivity index (χ1v) is 7.11. The molecule has 0 aromatic carbocycles. The molecule has 0 radical (unpaired) electrons. The molecule has 1 saturated carbocycles. The highest BCUT2D eigenvalue weighted by atomic mass is 32.1. The van der Waals surface area contributed by atoms with Crippen LogP contribution in [0.5, 0.6) is 0 Å². The molecule has 0 spiro atoms. The highest BCUT2D eigenvalue weighted by Crippen LogP contribution is 2.36. The van der Waals surface area contributed by atoms with E-state index in [9.17, 15) is 18.0 Å². The summed E-state index contributed by atoms with van der Waals surface area (Å²) in [5.41, 5.74) is 0.628. The number of hydrogen-bond acceptors (Lipinski definition) is 5. The van der Waals surface area contributed by atoms with Gasteiger partial charge in [-0.05, 0) is 12.8 Å². The summed E-state index contributed by atoms with van der Waals surface area (Å²) in [6, 6.07) is -0.0590. The van der Waals surface area contributed by atoms with Crippen LogP contribution in [0.25, 0.3) is 0 Å². The Kier molecular flexibility index (Phi) is 4.52. The third kappa shape index (κ3) is 4.36. The normalized spacial score (nSPS) is 15.2. The lowest BCUT2D eigenvalue weighted by Gasteiger charge is -2.22. The summed E-state index contributed by atoms with van der Waals surface area (Å²) in [4.78, 5) is 16.5. The maximum atomic E-state index is 12.6. The van der Waals surface area contributed by atoms with Crippen LogP contribution in [0.2, 0.25) is 0 Å². The van der Waals surface area contributed by atoms with Crippen LogP contribution in [0, 0.1) is 0 Å². The Morgan fingerprint density at radius 3 is 2.80 bits per heavy atom. The molecule has 112 valence electrons. The Hall–Kier alpha value is -1.31. The first-order valence-electron chi connectivity index (χ1n) is 6.23. The van der Waals surface area contributed by atoms with Gasteiger partial charge in [-0.25, -0.2) is 4.98 Å². The number of carbonyl (C=O) groups is 1. The van der Waals surface area contributed by atoms with E-state index in [4.69, 9.17) is 0 Å². The molecule has 8 heteroatoms. The molecule has 0 atom stereocenters. The maximum Gasteiger partial charge on any atom is 0.406 e. The van der Waals surface area contributed by atoms with E-state index in [1.54, 1.807) is 5.38 Å². The van der Waals surface area contributed by atoms with Crippen LogP contribution in [-0.2, 0) is 16.0 Å². The summed E-state index contributed by atoms with van der Waals surface area (Å²) in [5, 5.41) is 2.08. The molecule has 0 N–H and O–H groups in total. The molecular formula is C12H15F3N2O2S. The molecule has 0 aliphatic heterocycles. The van der Waals surface area contributed by atoms with E-state index in [0.29, 0.717) is 17.2 Å². The number of ether oxygens (including phenoxy) is 1. The van der Waals surface area contributed by atoms with Gasteiger partial charge in [-0.15, -0.1) is 11.3 Å². The summed E-state index contributed by atoms with van der Waals surface area (Å²) >= 11 is 1.19. The van der Waals surface area contributed by atoms with Crippen LogP contribution in [0.4, 0.5) is 18.3 Å². The Bertz CT molecular complexity index is 472. The van der Waals surface area contributed by atoms with Gasteiger partial charge in [-0.2, -0.15) is 13.2 Å². The molecule has 1 aromatic rings. The molecule has 1 aliphatic carbocycles. The van der Waals surface area contributed by atoms with E-state index < -0.39 is 12.7 Å². The Labute approximate surface area is 118 Å². The van der Waals surface area contributed by atoms with Crippen molar-refractivity contribution >= 4 is 22.4 Å². The van der Waals surface area contributed by atoms with E-state index in [0.717, 1.165) is 12.8 Å². The molecule has 2 rings (SSSR count). The number of nitrogens with zero attached hydrogens (tertiary/aromatic N) is 2. The summed E-state index contributed by atoms with van der Waals surface area (Å²) in [7, 11) is 1.30. The summed E-state index contributed by atoms with van der Waals surface area (Å²) in [6.07, 6.45) is -2.13. The monoisotopic (exact) mass is 308 g/mol. The third-order valence-corrected chi connectivity index (χ3v) is 3.86. The number of methoxy groups -OCH3 is 1. The van der Waals surface area contributed by atoms with Gasteiger partial charge in [-0.3, -0.25) is 4.79 Å². The molecule has 1 heterocycles. The molecule has 0 amide bonds. The lowest BCUT2D eigenvalue weighted by molar-refractivity contribution is -0.140. The van der Waals surface area contributed by atoms with E-state index in [1.807, 2.05) is 0 Å². The van der Waals surface area contributed by atoms with Crippen LogP contribution < -0.4 is 4.90 Å². The second kappa shape index (κ2) is 5.99. The highest BCUT2D eigenvalue weighted by molar-refractivity contribution is 7.13. The summed E-state index contributed by atoms with van der Waals surface area (Å²) in [5.74, 6) is -0.353. The summed E-state index contributed by atoms with van der Waals surface area (Å²) < 4.78 is 42.2. The van der Waals surface area contributed by atoms with E-state index >= 15 is 0 Å². The number of rotatable bonds is 6. The number of carbonyl (C=O) groups excluding carboxylic acids is 1. The van der Waals surface area contributed by atoms with Crippen molar-refractivity contribution in [3.05, 3.63) is 11.1 Å². The topological polar surface area (TPSA) is 42.4 Å². The summed E-state index contributed by atoms with van der Waals surface area (Å²) in [6.45, 7) is -0.971. The van der Waals surface area contributed by atoms with Gasteiger partial charge in [0.2, 0.25) is 0 Å². The Morgan fingerprint density at radius 1 is 1.55 bits per heavy atom. The van der Waals surface area contributed by atoms with Gasteiger partial charge in [0, 0.05) is 17.8 Å². The van der Waals surface area contributed by atoms with Crippen molar-refractivity contribution in [3.8, 4) is 0 Å². The number of hydrogen-bond donors (Lipinski definition) is 0. The fraction of sp³-hybridized carbons (Fsp3) is 0.667. The standard InChI is InChI=1S/C12H15F3N2O2S/c1-19-10(18)5-2-8-6-20-11(16-8)17(9-3-4-9)7-12(13,14)15/h6,9H,2-5,7H2,1H3. The molecule has 0 saturated heterocycles. The Morgan fingerprint density at radius 2 is 2.25 bits per heavy atom. The molecule has 1 aliphatic rings. The van der Waals surface area contributed by atoms with E-state index in [1.165, 1.54) is 23.3 Å². The molecule has 0 unspecified atom stereocenters. The van der Waals surface area contributed by atoms with Gasteiger partial charge in [0.1, 0.15) is 6.54 Å². The van der Waals surface area contributed by atoms with Crippen LogP contribution in [0.15, 0.2) is 5.38 Å². The number of alkyl halides is 3. The van der Waals surface area contributed by atoms with Crippen molar-refractivity contribution in [3.63, 3.8) is 0 Å². The number of anilines is 1. The minimum absolute atomic E-state index is 0.0590. The van der Waals surface area contributed by atoms with Crippen LogP contribution in [0.3, 0.4) is 0 Å². The SMILES string of the molecule is COC(=O)CCc1csc(N(CC(F)(F)F)C2CC2)n1. The number of halogens is 3. The molecule has 20 heavy (non-hydrogen) atoms. The first kappa shape index (κ1) is 15.1. The number of esters is 1. The third-order valence-electron chi connectivity index (χ3n) is 2.94. The average molecular weight is 308 g/mol. The van der Waals surface area contributed by atoms with Gasteiger partial charge in [0.25, 0.3) is 0 Å². The van der Waals surface area contributed by atoms with Crippen molar-refractivity contribution < 1.29 is 22.7 Å². The Balaban J connectivity index is 1.99. The first-order chi connectivity index (χ1) is 9.39. The highest BCUT2D eigenvalue weighted by Gasteiger charge is 2.39. The van der Waals surface area contributed by atoms with E-state index in [2.05, 4.69) is 9.72 Å². The molecular weight excluding hydrogens is 293 g/mol. The van der Waals surface area contributed by atoms with Crippen molar-refractivity contribution in [1.82, 2.24) is 4.98 Å². The molecule has 1 aromatic heterocycles. The van der Waals surface area contributed by atoms with E-state index in [-0.39, 0.29) is 18.4 Å². The van der Waals surface area contributed by atoms with Crippen LogP contribution >= 0.6 is 11.3 Å². The molecule has 0 bridgehead atoms. The van der Waals surface area contributed by atoms with Crippen LogP contribution in [0.1, 0.15) is 25.0 Å². The van der Waals surface area contributed by atoms with Crippen molar-refractivity contribution in [2.75, 3.05) is 18.6 Å². The zero-order valence-corrected chi connectivity index (χ0v) is 11.8. The van der Waals surface area contributed by atoms with Crippen LogP contribution in [-0.4, -0.2) is 36.8 Å². The van der Waals surface area contributed by atoms with Crippen molar-refractivity contribution in [1.29, 1.82) is 0 Å². The maximum absolute atomic E-state index is 12.6. The quantitative estimate of drug-likeness (QED) is 0.758. The smallest absolute Gasteiger partial charge is 0.406 e. The number of thiazole rings is 1.